The first-order chi connectivity index (χ1) is 8.47. The molecule has 3 nitrogen and oxygen atoms in total. The number of nitrogens with zero attached hydrogens (tertiary/aromatic N) is 2. The van der Waals surface area contributed by atoms with E-state index in [1.807, 2.05) is 12.1 Å². The Labute approximate surface area is 118 Å². The van der Waals surface area contributed by atoms with Crippen LogP contribution in [0, 0.1) is 0 Å². The molecule has 0 bridgehead atoms. The Bertz CT molecular complexity index is 412. The van der Waals surface area contributed by atoms with Crippen molar-refractivity contribution in [3.8, 4) is 5.75 Å². The molecule has 1 saturated heterocycles. The van der Waals surface area contributed by atoms with E-state index in [0.29, 0.717) is 17.8 Å². The summed E-state index contributed by atoms with van der Waals surface area (Å²) in [6.07, 6.45) is 0. The summed E-state index contributed by atoms with van der Waals surface area (Å²) in [5.41, 5.74) is 1.24. The summed E-state index contributed by atoms with van der Waals surface area (Å²) in [7, 11) is 2.20. The van der Waals surface area contributed by atoms with E-state index >= 15 is 0 Å². The van der Waals surface area contributed by atoms with Crippen molar-refractivity contribution in [3.63, 3.8) is 0 Å². The van der Waals surface area contributed by atoms with Gasteiger partial charge in [0.25, 0.3) is 0 Å². The fraction of sp³-hybridized carbons (Fsp3) is 0.571. The van der Waals surface area contributed by atoms with Gasteiger partial charge in [-0.3, -0.25) is 9.80 Å². The SMILES string of the molecule is CC1CN(Cc2ccc(O)c(Br)c2)CC(C)N1C. The molecule has 0 aliphatic carbocycles. The van der Waals surface area contributed by atoms with Crippen LogP contribution in [0.2, 0.25) is 0 Å². The molecule has 0 saturated carbocycles. The van der Waals surface area contributed by atoms with Gasteiger partial charge in [0.15, 0.2) is 0 Å². The van der Waals surface area contributed by atoms with E-state index in [2.05, 4.69) is 46.6 Å². The third kappa shape index (κ3) is 3.05. The number of phenolic OH excluding ortho intramolecular Hbond substituents is 1. The van der Waals surface area contributed by atoms with Gasteiger partial charge >= 0.3 is 0 Å². The predicted molar refractivity (Wildman–Crippen MR) is 77.8 cm³/mol. The van der Waals surface area contributed by atoms with Gasteiger partial charge in [-0.1, -0.05) is 6.07 Å². The van der Waals surface area contributed by atoms with Gasteiger partial charge in [-0.15, -0.1) is 0 Å². The lowest BCUT2D eigenvalue weighted by atomic mass is 10.1. The van der Waals surface area contributed by atoms with E-state index in [1.165, 1.54) is 5.56 Å². The number of phenols is 1. The molecule has 2 unspecified atom stereocenters. The first-order valence-electron chi connectivity index (χ1n) is 6.39. The zero-order chi connectivity index (χ0) is 13.3. The summed E-state index contributed by atoms with van der Waals surface area (Å²) >= 11 is 3.37. The van der Waals surface area contributed by atoms with Crippen molar-refractivity contribution in [2.24, 2.45) is 0 Å². The molecule has 0 spiro atoms. The Kier molecular flexibility index (Phi) is 4.30. The van der Waals surface area contributed by atoms with Gasteiger partial charge in [-0.25, -0.2) is 0 Å². The van der Waals surface area contributed by atoms with Gasteiger partial charge in [0.2, 0.25) is 0 Å². The van der Waals surface area contributed by atoms with E-state index in [4.69, 9.17) is 0 Å². The molecule has 1 aliphatic rings. The third-order valence-electron chi connectivity index (χ3n) is 3.85. The highest BCUT2D eigenvalue weighted by Crippen LogP contribution is 2.25. The maximum atomic E-state index is 9.50. The van der Waals surface area contributed by atoms with Crippen LogP contribution in [-0.2, 0) is 6.54 Å². The van der Waals surface area contributed by atoms with Gasteiger partial charge in [0, 0.05) is 31.7 Å². The Hall–Kier alpha value is -0.580. The second kappa shape index (κ2) is 5.59. The van der Waals surface area contributed by atoms with Crippen LogP contribution in [0.25, 0.3) is 0 Å². The maximum absolute atomic E-state index is 9.50. The molecule has 0 aromatic heterocycles. The minimum Gasteiger partial charge on any atom is -0.507 e. The fourth-order valence-corrected chi connectivity index (χ4v) is 2.98. The Morgan fingerprint density at radius 1 is 1.28 bits per heavy atom. The standard InChI is InChI=1S/C14H21BrN2O/c1-10-7-17(8-11(2)16(10)3)9-12-4-5-14(18)13(15)6-12/h4-6,10-11,18H,7-9H2,1-3H3. The molecule has 18 heavy (non-hydrogen) atoms. The van der Waals surface area contributed by atoms with E-state index in [0.717, 1.165) is 24.1 Å². The van der Waals surface area contributed by atoms with Crippen molar-refractivity contribution in [2.45, 2.75) is 32.5 Å². The monoisotopic (exact) mass is 312 g/mol. The fourth-order valence-electron chi connectivity index (χ4n) is 2.55. The van der Waals surface area contributed by atoms with Crippen molar-refractivity contribution >= 4 is 15.9 Å². The molecule has 2 rings (SSSR count). The zero-order valence-electron chi connectivity index (χ0n) is 11.2. The van der Waals surface area contributed by atoms with Gasteiger partial charge in [0.1, 0.15) is 5.75 Å². The van der Waals surface area contributed by atoms with Crippen molar-refractivity contribution in [2.75, 3.05) is 20.1 Å². The smallest absolute Gasteiger partial charge is 0.129 e. The van der Waals surface area contributed by atoms with Gasteiger partial charge < -0.3 is 5.11 Å². The first kappa shape index (κ1) is 13.8. The highest BCUT2D eigenvalue weighted by Gasteiger charge is 2.26. The van der Waals surface area contributed by atoms with Crippen LogP contribution in [0.15, 0.2) is 22.7 Å². The predicted octanol–water partition coefficient (Wildman–Crippen LogP) is 2.68. The first-order valence-corrected chi connectivity index (χ1v) is 7.18. The van der Waals surface area contributed by atoms with Crippen LogP contribution in [0.4, 0.5) is 0 Å². The molecule has 1 aliphatic heterocycles. The summed E-state index contributed by atoms with van der Waals surface area (Å²) in [5, 5.41) is 9.50. The maximum Gasteiger partial charge on any atom is 0.129 e. The lowest BCUT2D eigenvalue weighted by Crippen LogP contribution is -2.54. The van der Waals surface area contributed by atoms with Crippen LogP contribution in [-0.4, -0.2) is 47.1 Å². The Balaban J connectivity index is 2.03. The zero-order valence-corrected chi connectivity index (χ0v) is 12.8. The number of rotatable bonds is 2. The molecular weight excluding hydrogens is 292 g/mol. The Morgan fingerprint density at radius 2 is 1.89 bits per heavy atom. The van der Waals surface area contributed by atoms with Crippen molar-refractivity contribution in [3.05, 3.63) is 28.2 Å². The molecular formula is C14H21BrN2O. The van der Waals surface area contributed by atoms with Crippen LogP contribution in [0.1, 0.15) is 19.4 Å². The normalized spacial score (nSPS) is 26.4. The lowest BCUT2D eigenvalue weighted by molar-refractivity contribution is 0.0556. The van der Waals surface area contributed by atoms with E-state index < -0.39 is 0 Å². The Morgan fingerprint density at radius 3 is 2.44 bits per heavy atom. The molecule has 100 valence electrons. The number of likely N-dealkylation sites (N-methyl/N-ethyl adjacent to an activating group) is 1. The highest BCUT2D eigenvalue weighted by molar-refractivity contribution is 9.10. The average molecular weight is 313 g/mol. The molecule has 1 aromatic rings. The molecule has 2 atom stereocenters. The molecule has 1 aromatic carbocycles. The second-order valence-corrected chi connectivity index (χ2v) is 6.20. The largest absolute Gasteiger partial charge is 0.507 e. The number of hydrogen-bond acceptors (Lipinski definition) is 3. The quantitative estimate of drug-likeness (QED) is 0.909. The summed E-state index contributed by atoms with van der Waals surface area (Å²) < 4.78 is 0.773. The van der Waals surface area contributed by atoms with Gasteiger partial charge in [0.05, 0.1) is 4.47 Å². The number of halogens is 1. The summed E-state index contributed by atoms with van der Waals surface area (Å²) in [6, 6.07) is 6.93. The molecule has 4 heteroatoms. The van der Waals surface area contributed by atoms with Crippen molar-refractivity contribution in [1.82, 2.24) is 9.80 Å². The number of benzene rings is 1. The number of hydrogen-bond donors (Lipinski definition) is 1. The van der Waals surface area contributed by atoms with E-state index in [-0.39, 0.29) is 0 Å². The van der Waals surface area contributed by atoms with Crippen molar-refractivity contribution in [1.29, 1.82) is 0 Å². The number of piperazine rings is 1. The second-order valence-electron chi connectivity index (χ2n) is 5.34. The average Bonchev–Trinajstić information content (AvgIpc) is 2.31. The minimum absolute atomic E-state index is 0.305. The van der Waals surface area contributed by atoms with Gasteiger partial charge in [-0.05, 0) is 54.5 Å². The molecule has 1 heterocycles. The molecule has 0 radical (unpaired) electrons. The lowest BCUT2D eigenvalue weighted by Gasteiger charge is -2.42. The van der Waals surface area contributed by atoms with Crippen LogP contribution < -0.4 is 0 Å². The highest BCUT2D eigenvalue weighted by atomic mass is 79.9. The number of aromatic hydroxyl groups is 1. The van der Waals surface area contributed by atoms with Crippen molar-refractivity contribution < 1.29 is 5.11 Å². The summed E-state index contributed by atoms with van der Waals surface area (Å²) in [4.78, 5) is 4.91. The van der Waals surface area contributed by atoms with E-state index in [1.54, 1.807) is 6.07 Å². The molecule has 0 amide bonds. The third-order valence-corrected chi connectivity index (χ3v) is 4.49. The van der Waals surface area contributed by atoms with Crippen LogP contribution in [0.5, 0.6) is 5.75 Å². The minimum atomic E-state index is 0.305. The topological polar surface area (TPSA) is 26.7 Å². The summed E-state index contributed by atoms with van der Waals surface area (Å²) in [6.45, 7) is 7.69. The summed E-state index contributed by atoms with van der Waals surface area (Å²) in [5.74, 6) is 0.305. The van der Waals surface area contributed by atoms with Gasteiger partial charge in [-0.2, -0.15) is 0 Å². The van der Waals surface area contributed by atoms with Crippen LogP contribution >= 0.6 is 15.9 Å². The van der Waals surface area contributed by atoms with Crippen LogP contribution in [0.3, 0.4) is 0 Å². The molecule has 1 fully saturated rings. The molecule has 1 N–H and O–H groups in total. The van der Waals surface area contributed by atoms with E-state index in [9.17, 15) is 5.11 Å².